The van der Waals surface area contributed by atoms with E-state index in [1.165, 1.54) is 32.1 Å². The zero-order valence-electron chi connectivity index (χ0n) is 12.1. The van der Waals surface area contributed by atoms with Crippen molar-refractivity contribution >= 4 is 5.91 Å². The molecule has 0 spiro atoms. The summed E-state index contributed by atoms with van der Waals surface area (Å²) in [4.78, 5) is 14.8. The first-order chi connectivity index (χ1) is 9.79. The molecule has 3 nitrogen and oxygen atoms in total. The van der Waals surface area contributed by atoms with Crippen molar-refractivity contribution in [1.29, 1.82) is 0 Å². The minimum Gasteiger partial charge on any atom is -0.339 e. The molecule has 1 aliphatic heterocycles. The van der Waals surface area contributed by atoms with E-state index in [0.717, 1.165) is 23.6 Å². The molecule has 1 saturated carbocycles. The summed E-state index contributed by atoms with van der Waals surface area (Å²) in [6.07, 6.45) is 6.80. The number of hydrogen-bond donors (Lipinski definition) is 1. The highest BCUT2D eigenvalue weighted by Gasteiger charge is 2.37. The van der Waals surface area contributed by atoms with Crippen molar-refractivity contribution in [2.75, 3.05) is 6.54 Å². The van der Waals surface area contributed by atoms with E-state index in [1.54, 1.807) is 0 Å². The van der Waals surface area contributed by atoms with Crippen LogP contribution in [0, 0.1) is 5.92 Å². The summed E-state index contributed by atoms with van der Waals surface area (Å²) in [5.41, 5.74) is 7.96. The van der Waals surface area contributed by atoms with E-state index >= 15 is 0 Å². The van der Waals surface area contributed by atoms with E-state index in [0.29, 0.717) is 24.9 Å². The van der Waals surface area contributed by atoms with Gasteiger partial charge in [0.15, 0.2) is 0 Å². The fraction of sp³-hybridized carbons (Fsp3) is 0.588. The summed E-state index contributed by atoms with van der Waals surface area (Å²) in [5, 5.41) is 0. The predicted molar refractivity (Wildman–Crippen MR) is 80.1 cm³/mol. The van der Waals surface area contributed by atoms with Gasteiger partial charge in [-0.15, -0.1) is 0 Å². The van der Waals surface area contributed by atoms with Gasteiger partial charge in [0.1, 0.15) is 0 Å². The van der Waals surface area contributed by atoms with Crippen molar-refractivity contribution in [2.24, 2.45) is 11.7 Å². The van der Waals surface area contributed by atoms with Gasteiger partial charge in [0.25, 0.3) is 0 Å². The average molecular weight is 272 g/mol. The summed E-state index contributed by atoms with van der Waals surface area (Å²) in [6, 6.07) is 8.56. The van der Waals surface area contributed by atoms with Gasteiger partial charge in [-0.05, 0) is 42.7 Å². The maximum atomic E-state index is 12.7. The monoisotopic (exact) mass is 272 g/mol. The number of carbonyl (C=O) groups excluding carboxylic acids is 1. The maximum absolute atomic E-state index is 12.7. The first-order valence-corrected chi connectivity index (χ1v) is 7.86. The summed E-state index contributed by atoms with van der Waals surface area (Å²) < 4.78 is 0. The Balaban J connectivity index is 1.72. The Hall–Kier alpha value is -1.35. The van der Waals surface area contributed by atoms with Gasteiger partial charge in [0, 0.05) is 19.1 Å². The van der Waals surface area contributed by atoms with Crippen LogP contribution in [0.4, 0.5) is 0 Å². The largest absolute Gasteiger partial charge is 0.339 e. The summed E-state index contributed by atoms with van der Waals surface area (Å²) in [5.74, 6) is 1.06. The number of hydrogen-bond acceptors (Lipinski definition) is 2. The highest BCUT2D eigenvalue weighted by atomic mass is 16.2. The van der Waals surface area contributed by atoms with Crippen molar-refractivity contribution < 1.29 is 4.79 Å². The van der Waals surface area contributed by atoms with E-state index < -0.39 is 0 Å². The third-order valence-electron chi connectivity index (χ3n) is 4.99. The molecule has 2 aliphatic rings. The van der Waals surface area contributed by atoms with Crippen LogP contribution in [0.1, 0.15) is 43.2 Å². The number of amides is 1. The van der Waals surface area contributed by atoms with E-state index in [-0.39, 0.29) is 0 Å². The lowest BCUT2D eigenvalue weighted by atomic mass is 9.91. The summed E-state index contributed by atoms with van der Waals surface area (Å²) in [6.45, 7) is 1.46. The smallest absolute Gasteiger partial charge is 0.227 e. The molecule has 20 heavy (non-hydrogen) atoms. The fourth-order valence-corrected chi connectivity index (χ4v) is 3.96. The van der Waals surface area contributed by atoms with Gasteiger partial charge in [-0.1, -0.05) is 30.7 Å². The molecule has 2 fully saturated rings. The molecule has 2 N–H and O–H groups in total. The van der Waals surface area contributed by atoms with Crippen LogP contribution in [-0.4, -0.2) is 23.4 Å². The molecule has 1 aromatic carbocycles. The molecule has 2 unspecified atom stereocenters. The van der Waals surface area contributed by atoms with Crippen LogP contribution in [-0.2, 0) is 17.8 Å². The standard InChI is InChI=1S/C17H24N2O/c18-12-15-6-2-1-5-14(15)11-17(20)19-10-4-8-13-7-3-9-16(13)19/h1-2,5-6,13,16H,3-4,7-12,18H2. The van der Waals surface area contributed by atoms with Crippen LogP contribution in [0.2, 0.25) is 0 Å². The predicted octanol–water partition coefficient (Wildman–Crippen LogP) is 2.48. The summed E-state index contributed by atoms with van der Waals surface area (Å²) >= 11 is 0. The number of piperidine rings is 1. The average Bonchev–Trinajstić information content (AvgIpc) is 2.96. The van der Waals surface area contributed by atoms with Crippen LogP contribution < -0.4 is 5.73 Å². The van der Waals surface area contributed by atoms with Crippen LogP contribution in [0.25, 0.3) is 0 Å². The van der Waals surface area contributed by atoms with Gasteiger partial charge in [0.2, 0.25) is 5.91 Å². The van der Waals surface area contributed by atoms with Crippen LogP contribution in [0.5, 0.6) is 0 Å². The number of carbonyl (C=O) groups is 1. The van der Waals surface area contributed by atoms with E-state index in [9.17, 15) is 4.79 Å². The van der Waals surface area contributed by atoms with Gasteiger partial charge in [0.05, 0.1) is 6.42 Å². The molecule has 0 bridgehead atoms. The lowest BCUT2D eigenvalue weighted by Crippen LogP contribution is -2.46. The van der Waals surface area contributed by atoms with Crippen LogP contribution in [0.3, 0.4) is 0 Å². The second-order valence-electron chi connectivity index (χ2n) is 6.14. The third-order valence-corrected chi connectivity index (χ3v) is 4.99. The SMILES string of the molecule is NCc1ccccc1CC(=O)N1CCCC2CCCC21. The molecule has 1 aromatic rings. The molecule has 3 heteroatoms. The Bertz CT molecular complexity index is 486. The Morgan fingerprint density at radius 2 is 1.90 bits per heavy atom. The zero-order chi connectivity index (χ0) is 13.9. The molecular formula is C17H24N2O. The Morgan fingerprint density at radius 3 is 2.70 bits per heavy atom. The normalized spacial score (nSPS) is 25.6. The van der Waals surface area contributed by atoms with Crippen molar-refractivity contribution in [1.82, 2.24) is 4.90 Å². The van der Waals surface area contributed by atoms with E-state index in [1.807, 2.05) is 24.3 Å². The Labute approximate surface area is 121 Å². The minimum atomic E-state index is 0.294. The number of rotatable bonds is 3. The van der Waals surface area contributed by atoms with Crippen molar-refractivity contribution in [3.8, 4) is 0 Å². The summed E-state index contributed by atoms with van der Waals surface area (Å²) in [7, 11) is 0. The first kappa shape index (κ1) is 13.6. The molecule has 1 amide bonds. The number of nitrogens with two attached hydrogens (primary N) is 1. The molecule has 0 aromatic heterocycles. The van der Waals surface area contributed by atoms with Crippen molar-refractivity contribution in [3.63, 3.8) is 0 Å². The highest BCUT2D eigenvalue weighted by Crippen LogP contribution is 2.37. The van der Waals surface area contributed by atoms with Crippen molar-refractivity contribution in [3.05, 3.63) is 35.4 Å². The second-order valence-corrected chi connectivity index (χ2v) is 6.14. The molecule has 1 heterocycles. The number of fused-ring (bicyclic) bond motifs is 1. The van der Waals surface area contributed by atoms with Crippen molar-refractivity contribution in [2.45, 2.75) is 51.1 Å². The van der Waals surface area contributed by atoms with Crippen LogP contribution >= 0.6 is 0 Å². The van der Waals surface area contributed by atoms with E-state index in [2.05, 4.69) is 4.90 Å². The molecule has 1 saturated heterocycles. The highest BCUT2D eigenvalue weighted by molar-refractivity contribution is 5.79. The first-order valence-electron chi connectivity index (χ1n) is 7.86. The molecule has 2 atom stereocenters. The number of nitrogens with zero attached hydrogens (tertiary/aromatic N) is 1. The number of benzene rings is 1. The minimum absolute atomic E-state index is 0.294. The quantitative estimate of drug-likeness (QED) is 0.919. The lowest BCUT2D eigenvalue weighted by molar-refractivity contribution is -0.135. The molecule has 0 radical (unpaired) electrons. The zero-order valence-corrected chi connectivity index (χ0v) is 12.1. The Morgan fingerprint density at radius 1 is 1.15 bits per heavy atom. The van der Waals surface area contributed by atoms with Gasteiger partial charge in [-0.25, -0.2) is 0 Å². The van der Waals surface area contributed by atoms with Gasteiger partial charge < -0.3 is 10.6 Å². The molecule has 108 valence electrons. The number of likely N-dealkylation sites (tertiary alicyclic amines) is 1. The van der Waals surface area contributed by atoms with Crippen LogP contribution in [0.15, 0.2) is 24.3 Å². The topological polar surface area (TPSA) is 46.3 Å². The Kier molecular flexibility index (Phi) is 4.06. The molecule has 3 rings (SSSR count). The third kappa shape index (κ3) is 2.59. The molecular weight excluding hydrogens is 248 g/mol. The maximum Gasteiger partial charge on any atom is 0.227 e. The van der Waals surface area contributed by atoms with Gasteiger partial charge in [-0.3, -0.25) is 4.79 Å². The second kappa shape index (κ2) is 5.96. The lowest BCUT2D eigenvalue weighted by Gasteiger charge is -2.38. The van der Waals surface area contributed by atoms with Gasteiger partial charge in [-0.2, -0.15) is 0 Å². The fourth-order valence-electron chi connectivity index (χ4n) is 3.96. The molecule has 1 aliphatic carbocycles. The van der Waals surface area contributed by atoms with E-state index in [4.69, 9.17) is 5.73 Å². The van der Waals surface area contributed by atoms with Gasteiger partial charge >= 0.3 is 0 Å².